The molecule has 0 saturated heterocycles. The second-order valence-electron chi connectivity index (χ2n) is 7.42. The van der Waals surface area contributed by atoms with Crippen LogP contribution >= 0.6 is 0 Å². The van der Waals surface area contributed by atoms with E-state index in [1.54, 1.807) is 18.2 Å². The SMILES string of the molecule is Cc1c(CN2CCc3[nH]nc(-c4cccc(F)c4)c3C2)[nH]c2ccc(F)cc12. The first-order valence-electron chi connectivity index (χ1n) is 9.39. The van der Waals surface area contributed by atoms with Crippen molar-refractivity contribution < 1.29 is 8.78 Å². The second-order valence-corrected chi connectivity index (χ2v) is 7.42. The Balaban J connectivity index is 1.44. The number of aromatic nitrogens is 3. The van der Waals surface area contributed by atoms with Gasteiger partial charge in [0.1, 0.15) is 11.6 Å². The zero-order valence-corrected chi connectivity index (χ0v) is 15.5. The van der Waals surface area contributed by atoms with Crippen LogP contribution in [0.5, 0.6) is 0 Å². The second kappa shape index (κ2) is 6.56. The fourth-order valence-corrected chi connectivity index (χ4v) is 4.10. The normalized spacial score (nSPS) is 14.5. The molecule has 2 N–H and O–H groups in total. The highest BCUT2D eigenvalue weighted by atomic mass is 19.1. The summed E-state index contributed by atoms with van der Waals surface area (Å²) in [6, 6.07) is 11.4. The van der Waals surface area contributed by atoms with Crippen molar-refractivity contribution >= 4 is 10.9 Å². The molecule has 0 spiro atoms. The van der Waals surface area contributed by atoms with Gasteiger partial charge in [-0.1, -0.05) is 12.1 Å². The maximum atomic E-state index is 13.7. The van der Waals surface area contributed by atoms with Gasteiger partial charge in [-0.2, -0.15) is 5.10 Å². The molecule has 0 fully saturated rings. The van der Waals surface area contributed by atoms with Gasteiger partial charge < -0.3 is 4.98 Å². The van der Waals surface area contributed by atoms with E-state index in [-0.39, 0.29) is 11.6 Å². The van der Waals surface area contributed by atoms with E-state index in [9.17, 15) is 8.78 Å². The third-order valence-electron chi connectivity index (χ3n) is 5.62. The Morgan fingerprint density at radius 1 is 1.11 bits per heavy atom. The minimum Gasteiger partial charge on any atom is -0.357 e. The lowest BCUT2D eigenvalue weighted by Gasteiger charge is -2.27. The van der Waals surface area contributed by atoms with Crippen molar-refractivity contribution in [1.82, 2.24) is 20.1 Å². The van der Waals surface area contributed by atoms with Crippen LogP contribution < -0.4 is 0 Å². The predicted octanol–water partition coefficient (Wildman–Crippen LogP) is 4.70. The molecule has 4 aromatic rings. The molecular weight excluding hydrogens is 358 g/mol. The van der Waals surface area contributed by atoms with E-state index in [4.69, 9.17) is 0 Å². The molecule has 0 aliphatic carbocycles. The Morgan fingerprint density at radius 3 is 2.82 bits per heavy atom. The first-order valence-corrected chi connectivity index (χ1v) is 9.39. The van der Waals surface area contributed by atoms with Crippen LogP contribution in [-0.2, 0) is 19.5 Å². The molecule has 1 aliphatic heterocycles. The molecule has 0 atom stereocenters. The zero-order chi connectivity index (χ0) is 19.3. The average molecular weight is 378 g/mol. The largest absolute Gasteiger partial charge is 0.357 e. The van der Waals surface area contributed by atoms with Crippen molar-refractivity contribution in [3.63, 3.8) is 0 Å². The summed E-state index contributed by atoms with van der Waals surface area (Å²) in [5.74, 6) is -0.482. The van der Waals surface area contributed by atoms with E-state index < -0.39 is 0 Å². The maximum Gasteiger partial charge on any atom is 0.123 e. The molecule has 0 radical (unpaired) electrons. The van der Waals surface area contributed by atoms with Crippen molar-refractivity contribution in [3.8, 4) is 11.3 Å². The monoisotopic (exact) mass is 378 g/mol. The Morgan fingerprint density at radius 2 is 1.96 bits per heavy atom. The topological polar surface area (TPSA) is 47.7 Å². The smallest absolute Gasteiger partial charge is 0.123 e. The van der Waals surface area contributed by atoms with Gasteiger partial charge in [-0.3, -0.25) is 10.00 Å². The first kappa shape index (κ1) is 17.1. The molecule has 28 heavy (non-hydrogen) atoms. The standard InChI is InChI=1S/C22H20F2N4/c1-13-17-10-16(24)5-6-19(17)25-21(13)12-28-8-7-20-18(11-28)22(27-26-20)14-3-2-4-15(23)9-14/h2-6,9-10,25H,7-8,11-12H2,1H3,(H,26,27). The minimum atomic E-state index is -0.261. The number of H-pyrrole nitrogens is 2. The minimum absolute atomic E-state index is 0.220. The Labute approximate surface area is 161 Å². The highest BCUT2D eigenvalue weighted by molar-refractivity contribution is 5.84. The van der Waals surface area contributed by atoms with Crippen LogP contribution in [-0.4, -0.2) is 26.6 Å². The Bertz CT molecular complexity index is 1170. The first-order chi connectivity index (χ1) is 13.6. The number of hydrogen-bond donors (Lipinski definition) is 2. The van der Waals surface area contributed by atoms with Crippen molar-refractivity contribution in [2.75, 3.05) is 6.54 Å². The molecule has 6 heteroatoms. The van der Waals surface area contributed by atoms with Crippen molar-refractivity contribution in [1.29, 1.82) is 0 Å². The van der Waals surface area contributed by atoms with Crippen LogP contribution in [0, 0.1) is 18.6 Å². The van der Waals surface area contributed by atoms with E-state index in [1.165, 1.54) is 18.2 Å². The summed E-state index contributed by atoms with van der Waals surface area (Å²) in [6.07, 6.45) is 0.867. The number of rotatable bonds is 3. The summed E-state index contributed by atoms with van der Waals surface area (Å²) in [5, 5.41) is 8.49. The van der Waals surface area contributed by atoms with Gasteiger partial charge in [-0.05, 0) is 42.8 Å². The molecule has 0 amide bonds. The lowest BCUT2D eigenvalue weighted by Crippen LogP contribution is -2.30. The lowest BCUT2D eigenvalue weighted by molar-refractivity contribution is 0.242. The molecule has 0 saturated carbocycles. The Hall–Kier alpha value is -2.99. The van der Waals surface area contributed by atoms with Crippen LogP contribution in [0.3, 0.4) is 0 Å². The van der Waals surface area contributed by atoms with Gasteiger partial charge in [0.15, 0.2) is 0 Å². The Kier molecular flexibility index (Phi) is 4.02. The fourth-order valence-electron chi connectivity index (χ4n) is 4.10. The average Bonchev–Trinajstić information content (AvgIpc) is 3.23. The number of benzene rings is 2. The van der Waals surface area contributed by atoms with Crippen molar-refractivity contribution in [2.24, 2.45) is 0 Å². The summed E-state index contributed by atoms with van der Waals surface area (Å²) >= 11 is 0. The summed E-state index contributed by atoms with van der Waals surface area (Å²) < 4.78 is 27.2. The van der Waals surface area contributed by atoms with Crippen LogP contribution in [0.2, 0.25) is 0 Å². The highest BCUT2D eigenvalue weighted by Gasteiger charge is 2.24. The number of nitrogens with one attached hydrogen (secondary N) is 2. The third-order valence-corrected chi connectivity index (χ3v) is 5.62. The van der Waals surface area contributed by atoms with Gasteiger partial charge in [0.2, 0.25) is 0 Å². The van der Waals surface area contributed by atoms with E-state index in [0.717, 1.165) is 70.7 Å². The summed E-state index contributed by atoms with van der Waals surface area (Å²) in [7, 11) is 0. The molecule has 3 heterocycles. The maximum absolute atomic E-state index is 13.7. The lowest BCUT2D eigenvalue weighted by atomic mass is 10.0. The van der Waals surface area contributed by atoms with Gasteiger partial charge in [-0.15, -0.1) is 0 Å². The molecule has 0 unspecified atom stereocenters. The highest BCUT2D eigenvalue weighted by Crippen LogP contribution is 2.30. The molecule has 142 valence electrons. The summed E-state index contributed by atoms with van der Waals surface area (Å²) in [5.41, 5.74) is 6.97. The van der Waals surface area contributed by atoms with Gasteiger partial charge in [0, 0.05) is 59.5 Å². The quantitative estimate of drug-likeness (QED) is 0.543. The molecule has 0 bridgehead atoms. The van der Waals surface area contributed by atoms with Gasteiger partial charge in [-0.25, -0.2) is 8.78 Å². The molecule has 5 rings (SSSR count). The number of fused-ring (bicyclic) bond motifs is 2. The molecule has 1 aliphatic rings. The van der Waals surface area contributed by atoms with Gasteiger partial charge in [0.25, 0.3) is 0 Å². The van der Waals surface area contributed by atoms with Crippen molar-refractivity contribution in [3.05, 3.63) is 76.6 Å². The number of aromatic amines is 2. The van der Waals surface area contributed by atoms with Crippen LogP contribution in [0.25, 0.3) is 22.2 Å². The molecular formula is C22H20F2N4. The molecule has 2 aromatic carbocycles. The fraction of sp³-hybridized carbons (Fsp3) is 0.227. The summed E-state index contributed by atoms with van der Waals surface area (Å²) in [6.45, 7) is 4.41. The zero-order valence-electron chi connectivity index (χ0n) is 15.5. The predicted molar refractivity (Wildman–Crippen MR) is 105 cm³/mol. The van der Waals surface area contributed by atoms with Crippen LogP contribution in [0.4, 0.5) is 8.78 Å². The van der Waals surface area contributed by atoms with E-state index in [1.807, 2.05) is 13.0 Å². The third kappa shape index (κ3) is 2.90. The number of nitrogens with zero attached hydrogens (tertiary/aromatic N) is 2. The van der Waals surface area contributed by atoms with Gasteiger partial charge >= 0.3 is 0 Å². The van der Waals surface area contributed by atoms with Crippen LogP contribution in [0.1, 0.15) is 22.5 Å². The van der Waals surface area contributed by atoms with Gasteiger partial charge in [0.05, 0.1) is 5.69 Å². The number of aryl methyl sites for hydroxylation is 1. The number of halogens is 2. The van der Waals surface area contributed by atoms with Crippen molar-refractivity contribution in [2.45, 2.75) is 26.4 Å². The molecule has 4 nitrogen and oxygen atoms in total. The van der Waals surface area contributed by atoms with E-state index in [2.05, 4.69) is 20.1 Å². The van der Waals surface area contributed by atoms with E-state index >= 15 is 0 Å². The van der Waals surface area contributed by atoms with Crippen LogP contribution in [0.15, 0.2) is 42.5 Å². The van der Waals surface area contributed by atoms with E-state index in [0.29, 0.717) is 0 Å². The molecule has 2 aromatic heterocycles. The number of hydrogen-bond acceptors (Lipinski definition) is 2. The summed E-state index contributed by atoms with van der Waals surface area (Å²) in [4.78, 5) is 5.77.